The van der Waals surface area contributed by atoms with Crippen molar-refractivity contribution in [2.24, 2.45) is 0 Å². The fourth-order valence-electron chi connectivity index (χ4n) is 0.919. The number of rotatable bonds is 2. The van der Waals surface area contributed by atoms with Gasteiger partial charge in [-0.15, -0.1) is 0 Å². The molecule has 0 aliphatic rings. The first-order valence-corrected chi connectivity index (χ1v) is 12.7. The SMILES string of the molecule is C[Si](C)(C)S[Si](C)(C)C.[NaH].[NaH]. The molecule has 0 aliphatic carbocycles. The van der Waals surface area contributed by atoms with E-state index < -0.39 is 14.4 Å². The Kier molecular flexibility index (Phi) is 12.5. The molecule has 0 spiro atoms. The van der Waals surface area contributed by atoms with Gasteiger partial charge >= 0.3 is 59.1 Å². The van der Waals surface area contributed by atoms with Crippen LogP contribution in [0.3, 0.4) is 0 Å². The Morgan fingerprint density at radius 3 is 0.818 bits per heavy atom. The van der Waals surface area contributed by atoms with Gasteiger partial charge in [0.2, 0.25) is 0 Å². The van der Waals surface area contributed by atoms with E-state index in [1.54, 1.807) is 0 Å². The van der Waals surface area contributed by atoms with Gasteiger partial charge in [0.1, 0.15) is 14.4 Å². The van der Waals surface area contributed by atoms with Crippen LogP contribution in [0.5, 0.6) is 0 Å². The molecule has 5 heteroatoms. The predicted octanol–water partition coefficient (Wildman–Crippen LogP) is 2.09. The first kappa shape index (κ1) is 19.4. The number of hydrogen-bond donors (Lipinski definition) is 0. The fourth-order valence-corrected chi connectivity index (χ4v) is 24.8. The number of hydrogen-bond acceptors (Lipinski definition) is 1. The molecule has 11 heavy (non-hydrogen) atoms. The molecule has 0 N–H and O–H groups in total. The van der Waals surface area contributed by atoms with Crippen molar-refractivity contribution in [1.29, 1.82) is 0 Å². The van der Waals surface area contributed by atoms with Crippen LogP contribution in [0.25, 0.3) is 0 Å². The monoisotopic (exact) mass is 226 g/mol. The summed E-state index contributed by atoms with van der Waals surface area (Å²) < 4.78 is 0. The summed E-state index contributed by atoms with van der Waals surface area (Å²) in [5, 5.41) is 0. The quantitative estimate of drug-likeness (QED) is 0.650. The zero-order chi connectivity index (χ0) is 7.71. The molecule has 0 bridgehead atoms. The maximum absolute atomic E-state index is 2.43. The van der Waals surface area contributed by atoms with Gasteiger partial charge < -0.3 is 0 Å². The summed E-state index contributed by atoms with van der Waals surface area (Å²) >= 11 is 0. The van der Waals surface area contributed by atoms with E-state index in [1.807, 2.05) is 0 Å². The second kappa shape index (κ2) is 7.13. The Bertz CT molecular complexity index is 83.7. The average molecular weight is 226 g/mol. The van der Waals surface area contributed by atoms with Gasteiger partial charge in [-0.1, -0.05) is 39.3 Å². The third-order valence-corrected chi connectivity index (χ3v) is 16.5. The Morgan fingerprint density at radius 1 is 0.636 bits per heavy atom. The zero-order valence-electron chi connectivity index (χ0n) is 7.41. The van der Waals surface area contributed by atoms with E-state index in [0.717, 1.165) is 0 Å². The Balaban J connectivity index is -0.000000320. The molecule has 0 amide bonds. The van der Waals surface area contributed by atoms with E-state index in [9.17, 15) is 0 Å². The summed E-state index contributed by atoms with van der Waals surface area (Å²) in [6.45, 7) is 14.6. The Labute approximate surface area is 122 Å². The van der Waals surface area contributed by atoms with E-state index >= 15 is 0 Å². The molecule has 0 heterocycles. The molecule has 0 radical (unpaired) electrons. The van der Waals surface area contributed by atoms with Gasteiger partial charge in [0, 0.05) is 0 Å². The van der Waals surface area contributed by atoms with E-state index in [2.05, 4.69) is 49.9 Å². The van der Waals surface area contributed by atoms with Gasteiger partial charge in [-0.3, -0.25) is 0 Å². The standard InChI is InChI=1S/C6H18SSi2.2Na.2H/c1-8(2,3)7-9(4,5)6;;;;/h1-6H3;;;;. The van der Waals surface area contributed by atoms with Crippen molar-refractivity contribution in [3.8, 4) is 0 Å². The molecule has 0 unspecified atom stereocenters. The Hall–Kier alpha value is 2.78. The first-order chi connectivity index (χ1) is 3.71. The summed E-state index contributed by atoms with van der Waals surface area (Å²) in [6.07, 6.45) is 0. The molecule has 0 rings (SSSR count). The molecular weight excluding hydrogens is 206 g/mol. The first-order valence-electron chi connectivity index (χ1n) is 3.41. The summed E-state index contributed by atoms with van der Waals surface area (Å²) in [7, 11) is 0.663. The van der Waals surface area contributed by atoms with Gasteiger partial charge in [0.15, 0.2) is 0 Å². The van der Waals surface area contributed by atoms with Gasteiger partial charge in [-0.05, 0) is 0 Å². The molecule has 60 valence electrons. The summed E-state index contributed by atoms with van der Waals surface area (Å²) in [5.74, 6) is 0. The fraction of sp³-hybridized carbons (Fsp3) is 1.00. The van der Waals surface area contributed by atoms with Crippen LogP contribution in [0, 0.1) is 0 Å². The normalized spacial score (nSPS) is 11.5. The van der Waals surface area contributed by atoms with Crippen molar-refractivity contribution in [3.63, 3.8) is 0 Å². The molecule has 0 aromatic heterocycles. The van der Waals surface area contributed by atoms with Crippen LogP contribution in [-0.4, -0.2) is 73.6 Å². The average Bonchev–Trinajstić information content (AvgIpc) is 1.14. The van der Waals surface area contributed by atoms with Crippen molar-refractivity contribution in [3.05, 3.63) is 0 Å². The van der Waals surface area contributed by atoms with Gasteiger partial charge in [-0.2, -0.15) is 0 Å². The predicted molar refractivity (Wildman–Crippen MR) is 68.6 cm³/mol. The Morgan fingerprint density at radius 2 is 0.818 bits per heavy atom. The van der Waals surface area contributed by atoms with E-state index in [0.29, 0.717) is 0 Å². The van der Waals surface area contributed by atoms with E-state index in [1.165, 1.54) is 0 Å². The third-order valence-electron chi connectivity index (χ3n) is 0.612. The van der Waals surface area contributed by atoms with Crippen LogP contribution in [0.15, 0.2) is 0 Å². The van der Waals surface area contributed by atoms with Gasteiger partial charge in [0.05, 0.1) is 0 Å². The van der Waals surface area contributed by atoms with Crippen molar-refractivity contribution >= 4 is 84.2 Å². The van der Waals surface area contributed by atoms with Crippen LogP contribution in [-0.2, 0) is 0 Å². The summed E-state index contributed by atoms with van der Waals surface area (Å²) in [4.78, 5) is 0. The van der Waals surface area contributed by atoms with Gasteiger partial charge in [-0.25, -0.2) is 10.7 Å². The third kappa shape index (κ3) is 19.3. The summed E-state index contributed by atoms with van der Waals surface area (Å²) in [6, 6.07) is 0. The second-order valence-electron chi connectivity index (χ2n) is 4.33. The van der Waals surface area contributed by atoms with Crippen molar-refractivity contribution < 1.29 is 0 Å². The molecule has 0 aromatic carbocycles. The van der Waals surface area contributed by atoms with Crippen LogP contribution in [0.4, 0.5) is 0 Å². The topological polar surface area (TPSA) is 0 Å². The second-order valence-corrected chi connectivity index (χ2v) is 22.8. The molecule has 0 nitrogen and oxygen atoms in total. The molecule has 0 saturated heterocycles. The zero-order valence-corrected chi connectivity index (χ0v) is 10.2. The molecular formula is C6H20Na2SSi2. The maximum atomic E-state index is 2.43. The van der Waals surface area contributed by atoms with Crippen LogP contribution >= 0.6 is 10.7 Å². The van der Waals surface area contributed by atoms with Crippen molar-refractivity contribution in [2.75, 3.05) is 0 Å². The van der Waals surface area contributed by atoms with E-state index in [-0.39, 0.29) is 59.1 Å². The van der Waals surface area contributed by atoms with Crippen molar-refractivity contribution in [2.45, 2.75) is 39.3 Å². The minimum atomic E-state index is -0.814. The summed E-state index contributed by atoms with van der Waals surface area (Å²) in [5.41, 5.74) is 0. The van der Waals surface area contributed by atoms with Crippen LogP contribution in [0.2, 0.25) is 39.3 Å². The van der Waals surface area contributed by atoms with Crippen molar-refractivity contribution in [1.82, 2.24) is 0 Å². The molecule has 0 saturated carbocycles. The van der Waals surface area contributed by atoms with E-state index in [4.69, 9.17) is 0 Å². The molecule has 0 atom stereocenters. The minimum absolute atomic E-state index is 0. The molecule has 0 aliphatic heterocycles. The van der Waals surface area contributed by atoms with Gasteiger partial charge in [0.25, 0.3) is 0 Å². The molecule has 0 fully saturated rings. The van der Waals surface area contributed by atoms with Crippen LogP contribution in [0.1, 0.15) is 0 Å². The van der Waals surface area contributed by atoms with Crippen LogP contribution < -0.4 is 0 Å². The molecule has 0 aromatic rings.